The van der Waals surface area contributed by atoms with E-state index >= 15 is 0 Å². The van der Waals surface area contributed by atoms with Gasteiger partial charge < -0.3 is 15.6 Å². The Morgan fingerprint density at radius 2 is 1.74 bits per heavy atom. The summed E-state index contributed by atoms with van der Waals surface area (Å²) in [5.74, 6) is -0.207. The van der Waals surface area contributed by atoms with Crippen LogP contribution < -0.4 is 10.6 Å². The Morgan fingerprint density at radius 3 is 2.42 bits per heavy atom. The second-order valence-corrected chi connectivity index (χ2v) is 8.39. The van der Waals surface area contributed by atoms with Crippen LogP contribution in [0.2, 0.25) is 0 Å². The fourth-order valence-electron chi connectivity index (χ4n) is 4.53. The van der Waals surface area contributed by atoms with Crippen molar-refractivity contribution in [3.05, 3.63) is 72.0 Å². The molecule has 158 valence electrons. The van der Waals surface area contributed by atoms with E-state index in [0.717, 1.165) is 35.4 Å². The van der Waals surface area contributed by atoms with Crippen LogP contribution in [0, 0.1) is 11.7 Å². The molecule has 0 radical (unpaired) electrons. The number of aromatic nitrogens is 1. The zero-order chi connectivity index (χ0) is 21.4. The van der Waals surface area contributed by atoms with Gasteiger partial charge in [-0.05, 0) is 72.2 Å². The van der Waals surface area contributed by atoms with Crippen LogP contribution in [-0.2, 0) is 9.59 Å². The molecular formula is C25H24FN3O2. The summed E-state index contributed by atoms with van der Waals surface area (Å²) in [5.41, 5.74) is 5.16. The molecule has 1 aliphatic carbocycles. The largest absolute Gasteiger partial charge is 0.354 e. The number of amides is 2. The highest BCUT2D eigenvalue weighted by Crippen LogP contribution is 2.46. The topological polar surface area (TPSA) is 74.0 Å². The minimum atomic E-state index is -0.399. The minimum Gasteiger partial charge on any atom is -0.354 e. The number of benzene rings is 2. The molecule has 2 aliphatic rings. The molecule has 0 bridgehead atoms. The van der Waals surface area contributed by atoms with Crippen LogP contribution in [-0.4, -0.2) is 29.4 Å². The van der Waals surface area contributed by atoms with E-state index in [2.05, 4.69) is 33.8 Å². The summed E-state index contributed by atoms with van der Waals surface area (Å²) in [6, 6.07) is 18.3. The highest BCUT2D eigenvalue weighted by Gasteiger charge is 2.39. The van der Waals surface area contributed by atoms with Gasteiger partial charge in [0.1, 0.15) is 11.9 Å². The molecule has 2 aromatic carbocycles. The normalized spacial score (nSPS) is 22.6. The van der Waals surface area contributed by atoms with Crippen molar-refractivity contribution in [3.63, 3.8) is 0 Å². The van der Waals surface area contributed by atoms with Crippen molar-refractivity contribution < 1.29 is 14.0 Å². The first-order valence-corrected chi connectivity index (χ1v) is 10.7. The summed E-state index contributed by atoms with van der Waals surface area (Å²) in [5, 5.41) is 5.64. The highest BCUT2D eigenvalue weighted by molar-refractivity contribution is 5.90. The molecule has 2 heterocycles. The monoisotopic (exact) mass is 417 g/mol. The number of rotatable bonds is 5. The van der Waals surface area contributed by atoms with Gasteiger partial charge in [0.25, 0.3) is 0 Å². The van der Waals surface area contributed by atoms with Crippen molar-refractivity contribution >= 4 is 11.8 Å². The van der Waals surface area contributed by atoms with E-state index in [0.29, 0.717) is 13.0 Å². The number of nitrogens with one attached hydrogen (secondary N) is 3. The van der Waals surface area contributed by atoms with E-state index in [-0.39, 0.29) is 29.5 Å². The van der Waals surface area contributed by atoms with Crippen molar-refractivity contribution in [1.82, 2.24) is 15.6 Å². The third kappa shape index (κ3) is 3.85. The fourth-order valence-corrected chi connectivity index (χ4v) is 4.53. The van der Waals surface area contributed by atoms with E-state index in [9.17, 15) is 14.0 Å². The zero-order valence-corrected chi connectivity index (χ0v) is 17.0. The first kappa shape index (κ1) is 19.5. The molecule has 2 fully saturated rings. The SMILES string of the molecule is O=C(N[C@@H]1CCNC1=O)C1CC(c2cc(-c3ccc(F)cc3)[nH]c2-c2ccccc2)C1. The maximum atomic E-state index is 13.4. The van der Waals surface area contributed by atoms with Gasteiger partial charge in [-0.25, -0.2) is 4.39 Å². The molecule has 2 amide bonds. The summed E-state index contributed by atoms with van der Waals surface area (Å²) < 4.78 is 13.4. The molecule has 5 rings (SSSR count). The number of H-pyrrole nitrogens is 1. The molecule has 1 aliphatic heterocycles. The molecule has 3 aromatic rings. The van der Waals surface area contributed by atoms with Crippen molar-refractivity contribution in [2.45, 2.75) is 31.2 Å². The van der Waals surface area contributed by atoms with Crippen LogP contribution in [0.25, 0.3) is 22.5 Å². The van der Waals surface area contributed by atoms with Gasteiger partial charge in [-0.1, -0.05) is 30.3 Å². The van der Waals surface area contributed by atoms with E-state index in [1.165, 1.54) is 17.7 Å². The lowest BCUT2D eigenvalue weighted by molar-refractivity contribution is -0.132. The summed E-state index contributed by atoms with van der Waals surface area (Å²) >= 11 is 0. The first-order chi connectivity index (χ1) is 15.1. The van der Waals surface area contributed by atoms with Gasteiger partial charge in [-0.3, -0.25) is 9.59 Å². The van der Waals surface area contributed by atoms with Gasteiger partial charge in [0, 0.05) is 23.9 Å². The zero-order valence-electron chi connectivity index (χ0n) is 17.0. The van der Waals surface area contributed by atoms with Gasteiger partial charge in [0.15, 0.2) is 0 Å². The van der Waals surface area contributed by atoms with E-state index < -0.39 is 6.04 Å². The molecular weight excluding hydrogens is 393 g/mol. The van der Waals surface area contributed by atoms with Crippen molar-refractivity contribution in [2.24, 2.45) is 5.92 Å². The number of carbonyl (C=O) groups is 2. The molecule has 5 nitrogen and oxygen atoms in total. The standard InChI is InChI=1S/C25H24FN3O2/c26-19-8-6-15(7-9-19)22-14-20(23(28-22)16-4-2-1-3-5-16)17-12-18(13-17)24(30)29-21-10-11-27-25(21)31/h1-9,14,17-18,21,28H,10-13H2,(H,27,31)(H,29,30)/t17?,18?,21-/m1/s1. The third-order valence-electron chi connectivity index (χ3n) is 6.38. The Morgan fingerprint density at radius 1 is 1.00 bits per heavy atom. The van der Waals surface area contributed by atoms with Crippen LogP contribution in [0.5, 0.6) is 0 Å². The molecule has 1 saturated carbocycles. The second-order valence-electron chi connectivity index (χ2n) is 8.39. The number of carbonyl (C=O) groups excluding carboxylic acids is 2. The van der Waals surface area contributed by atoms with Crippen LogP contribution in [0.1, 0.15) is 30.7 Å². The van der Waals surface area contributed by atoms with Gasteiger partial charge in [-0.2, -0.15) is 0 Å². The Balaban J connectivity index is 1.36. The molecule has 0 spiro atoms. The smallest absolute Gasteiger partial charge is 0.242 e. The molecule has 31 heavy (non-hydrogen) atoms. The highest BCUT2D eigenvalue weighted by atomic mass is 19.1. The molecule has 0 unspecified atom stereocenters. The molecule has 1 saturated heterocycles. The van der Waals surface area contributed by atoms with Crippen LogP contribution in [0.15, 0.2) is 60.7 Å². The number of hydrogen-bond donors (Lipinski definition) is 3. The minimum absolute atomic E-state index is 0.0335. The Kier molecular flexibility index (Phi) is 5.06. The third-order valence-corrected chi connectivity index (χ3v) is 6.38. The fraction of sp³-hybridized carbons (Fsp3) is 0.280. The van der Waals surface area contributed by atoms with Crippen molar-refractivity contribution in [1.29, 1.82) is 0 Å². The Bertz CT molecular complexity index is 1100. The average molecular weight is 417 g/mol. The van der Waals surface area contributed by atoms with Gasteiger partial charge in [0.2, 0.25) is 11.8 Å². The second kappa shape index (κ2) is 8.02. The van der Waals surface area contributed by atoms with Gasteiger partial charge >= 0.3 is 0 Å². The van der Waals surface area contributed by atoms with E-state index in [1.54, 1.807) is 12.1 Å². The lowest BCUT2D eigenvalue weighted by atomic mass is 9.70. The lowest BCUT2D eigenvalue weighted by Crippen LogP contribution is -2.45. The van der Waals surface area contributed by atoms with Crippen LogP contribution in [0.3, 0.4) is 0 Å². The van der Waals surface area contributed by atoms with Crippen molar-refractivity contribution in [2.75, 3.05) is 6.54 Å². The van der Waals surface area contributed by atoms with Crippen molar-refractivity contribution in [3.8, 4) is 22.5 Å². The Hall–Kier alpha value is -3.41. The summed E-state index contributed by atoms with van der Waals surface area (Å²) in [4.78, 5) is 27.8. The number of halogens is 1. The average Bonchev–Trinajstić information content (AvgIpc) is 3.35. The number of aromatic amines is 1. The predicted molar refractivity (Wildman–Crippen MR) is 117 cm³/mol. The maximum absolute atomic E-state index is 13.4. The lowest BCUT2D eigenvalue weighted by Gasteiger charge is -2.35. The molecule has 6 heteroatoms. The molecule has 3 N–H and O–H groups in total. The van der Waals surface area contributed by atoms with E-state index in [4.69, 9.17) is 0 Å². The molecule has 1 atom stereocenters. The summed E-state index contributed by atoms with van der Waals surface area (Å²) in [6.45, 7) is 0.618. The number of hydrogen-bond acceptors (Lipinski definition) is 2. The van der Waals surface area contributed by atoms with Crippen LogP contribution >= 0.6 is 0 Å². The van der Waals surface area contributed by atoms with Gasteiger partial charge in [0.05, 0.1) is 0 Å². The summed E-state index contributed by atoms with van der Waals surface area (Å²) in [7, 11) is 0. The summed E-state index contributed by atoms with van der Waals surface area (Å²) in [6.07, 6.45) is 2.15. The molecule has 1 aromatic heterocycles. The quantitative estimate of drug-likeness (QED) is 0.587. The Labute approximate surface area is 180 Å². The predicted octanol–water partition coefficient (Wildman–Crippen LogP) is 3.99. The van der Waals surface area contributed by atoms with E-state index in [1.807, 2.05) is 18.2 Å². The maximum Gasteiger partial charge on any atom is 0.242 e. The first-order valence-electron chi connectivity index (χ1n) is 10.7. The van der Waals surface area contributed by atoms with Gasteiger partial charge in [-0.15, -0.1) is 0 Å². The van der Waals surface area contributed by atoms with Crippen LogP contribution in [0.4, 0.5) is 4.39 Å².